The summed E-state index contributed by atoms with van der Waals surface area (Å²) in [5, 5.41) is 16.4. The van der Waals surface area contributed by atoms with Crippen molar-refractivity contribution in [3.63, 3.8) is 0 Å². The molecule has 0 unspecified atom stereocenters. The summed E-state index contributed by atoms with van der Waals surface area (Å²) in [6, 6.07) is 16.4. The molecule has 53 heavy (non-hydrogen) atoms. The Balaban J connectivity index is 1.30. The number of hydrogen-bond acceptors (Lipinski definition) is 4. The van der Waals surface area contributed by atoms with Crippen LogP contribution in [0.5, 0.6) is 5.75 Å². The Hall–Kier alpha value is -2.47. The number of rotatable bonds is 36. The van der Waals surface area contributed by atoms with Crippen LogP contribution in [0.1, 0.15) is 199 Å². The van der Waals surface area contributed by atoms with Crippen molar-refractivity contribution in [3.8, 4) is 5.75 Å². The van der Waals surface area contributed by atoms with E-state index in [1.54, 1.807) is 0 Å². The van der Waals surface area contributed by atoms with Crippen LogP contribution < -0.4 is 15.4 Å². The number of unbranched alkanes of at least 4 members (excludes halogenated alkanes) is 25. The summed E-state index contributed by atoms with van der Waals surface area (Å²) < 4.78 is 5.96. The van der Waals surface area contributed by atoms with Crippen LogP contribution in [-0.2, 0) is 6.42 Å². The van der Waals surface area contributed by atoms with E-state index >= 15 is 0 Å². The van der Waals surface area contributed by atoms with Crippen LogP contribution in [0, 0.1) is 0 Å². The van der Waals surface area contributed by atoms with Crippen LogP contribution in [0.2, 0.25) is 0 Å². The van der Waals surface area contributed by atoms with E-state index in [0.29, 0.717) is 0 Å². The Morgan fingerprint density at radius 3 is 1.25 bits per heavy atom. The maximum atomic E-state index is 5.96. The highest BCUT2D eigenvalue weighted by molar-refractivity contribution is 7.80. The van der Waals surface area contributed by atoms with Crippen LogP contribution in [0.3, 0.4) is 0 Å². The van der Waals surface area contributed by atoms with Crippen LogP contribution in [0.15, 0.2) is 58.8 Å². The van der Waals surface area contributed by atoms with Gasteiger partial charge in [-0.2, -0.15) is 10.2 Å². The molecule has 2 rings (SSSR count). The first-order chi connectivity index (χ1) is 26.2. The van der Waals surface area contributed by atoms with E-state index < -0.39 is 0 Å². The fraction of sp³-hybridized carbons (Fsp3) is 0.723. The molecule has 0 aliphatic rings. The Kier molecular flexibility index (Phi) is 31.0. The van der Waals surface area contributed by atoms with Gasteiger partial charge in [-0.25, -0.2) is 0 Å². The Morgan fingerprint density at radius 1 is 0.453 bits per heavy atom. The molecular formula is C47H80N4OS. The number of ether oxygens (including phenoxy) is 1. The third-order valence-corrected chi connectivity index (χ3v) is 10.6. The molecule has 2 N–H and O–H groups in total. The number of thiocarbonyl (C=S) groups is 1. The Bertz CT molecular complexity index is 1120. The van der Waals surface area contributed by atoms with Gasteiger partial charge >= 0.3 is 0 Å². The van der Waals surface area contributed by atoms with E-state index in [4.69, 9.17) is 17.0 Å². The first kappa shape index (κ1) is 46.7. The molecule has 2 aromatic rings. The minimum absolute atomic E-state index is 0.769. The Morgan fingerprint density at radius 2 is 0.811 bits per heavy atom. The molecule has 0 saturated carbocycles. The van der Waals surface area contributed by atoms with Gasteiger partial charge in [0.2, 0.25) is 0 Å². The summed E-state index contributed by atoms with van der Waals surface area (Å²) in [7, 11) is 0. The van der Waals surface area contributed by atoms with Crippen molar-refractivity contribution in [2.45, 2.75) is 200 Å². The number of nitrogens with one attached hydrogen (secondary N) is 2. The van der Waals surface area contributed by atoms with Crippen molar-refractivity contribution < 1.29 is 4.74 Å². The monoisotopic (exact) mass is 749 g/mol. The van der Waals surface area contributed by atoms with Gasteiger partial charge in [0, 0.05) is 13.1 Å². The average molecular weight is 749 g/mol. The molecule has 5 nitrogen and oxygen atoms in total. The highest BCUT2D eigenvalue weighted by atomic mass is 32.1. The lowest BCUT2D eigenvalue weighted by atomic mass is 10.0. The number of azo groups is 1. The van der Waals surface area contributed by atoms with E-state index in [-0.39, 0.29) is 0 Å². The first-order valence-corrected chi connectivity index (χ1v) is 22.9. The maximum Gasteiger partial charge on any atom is 0.166 e. The number of benzene rings is 2. The highest BCUT2D eigenvalue weighted by Gasteiger charge is 2.00. The topological polar surface area (TPSA) is 58.0 Å². The molecule has 0 aromatic heterocycles. The van der Waals surface area contributed by atoms with E-state index in [2.05, 4.69) is 59.0 Å². The van der Waals surface area contributed by atoms with E-state index in [0.717, 1.165) is 54.8 Å². The van der Waals surface area contributed by atoms with Crippen molar-refractivity contribution in [3.05, 3.63) is 54.1 Å². The average Bonchev–Trinajstić information content (AvgIpc) is 3.18. The highest BCUT2D eigenvalue weighted by Crippen LogP contribution is 2.22. The third-order valence-electron chi connectivity index (χ3n) is 10.3. The Labute approximate surface area is 332 Å². The summed E-state index contributed by atoms with van der Waals surface area (Å²) >= 11 is 5.48. The second-order valence-corrected chi connectivity index (χ2v) is 15.7. The molecule has 0 radical (unpaired) electrons. The predicted octanol–water partition coefficient (Wildman–Crippen LogP) is 15.4. The molecule has 0 fully saturated rings. The van der Waals surface area contributed by atoms with Crippen molar-refractivity contribution in [2.75, 3.05) is 19.7 Å². The summed E-state index contributed by atoms with van der Waals surface area (Å²) in [4.78, 5) is 0. The third kappa shape index (κ3) is 28.6. The van der Waals surface area contributed by atoms with Gasteiger partial charge in [-0.15, -0.1) is 0 Å². The van der Waals surface area contributed by atoms with Crippen molar-refractivity contribution >= 4 is 28.7 Å². The van der Waals surface area contributed by atoms with Crippen molar-refractivity contribution in [1.82, 2.24) is 10.6 Å². The zero-order chi connectivity index (χ0) is 37.7. The van der Waals surface area contributed by atoms with Gasteiger partial charge in [-0.05, 0) is 86.3 Å². The zero-order valence-electron chi connectivity index (χ0n) is 34.5. The predicted molar refractivity (Wildman–Crippen MR) is 235 cm³/mol. The molecular weight excluding hydrogens is 669 g/mol. The molecule has 0 aliphatic carbocycles. The number of aryl methyl sites for hydroxylation is 1. The van der Waals surface area contributed by atoms with Gasteiger partial charge in [0.15, 0.2) is 5.11 Å². The molecule has 0 heterocycles. The molecule has 0 saturated heterocycles. The standard InChI is InChI=1S/C47H80N4OS/c1-3-5-7-9-10-11-12-13-14-15-16-17-18-21-24-28-40-48-47(53)49-41-29-25-22-19-20-23-26-30-42-52-46-38-36-45(37-39-46)51-50-44-34-32-43(33-35-44)31-27-8-6-4-2/h32-39H,3-31,40-42H2,1-2H3,(H2,48,49,53). The lowest BCUT2D eigenvalue weighted by Crippen LogP contribution is -2.36. The van der Waals surface area contributed by atoms with Crippen LogP contribution in [0.4, 0.5) is 11.4 Å². The second-order valence-electron chi connectivity index (χ2n) is 15.3. The van der Waals surface area contributed by atoms with E-state index in [1.165, 1.54) is 179 Å². The van der Waals surface area contributed by atoms with Gasteiger partial charge in [-0.1, -0.05) is 180 Å². The van der Waals surface area contributed by atoms with Gasteiger partial charge in [-0.3, -0.25) is 0 Å². The minimum atomic E-state index is 0.769. The summed E-state index contributed by atoms with van der Waals surface area (Å²) in [6.45, 7) is 7.31. The van der Waals surface area contributed by atoms with Crippen LogP contribution in [-0.4, -0.2) is 24.8 Å². The number of nitrogens with zero attached hydrogens (tertiary/aromatic N) is 2. The van der Waals surface area contributed by atoms with Gasteiger partial charge in [0.1, 0.15) is 5.75 Å². The van der Waals surface area contributed by atoms with Crippen molar-refractivity contribution in [2.24, 2.45) is 10.2 Å². The van der Waals surface area contributed by atoms with Crippen LogP contribution >= 0.6 is 12.2 Å². The fourth-order valence-corrected chi connectivity index (χ4v) is 7.03. The fourth-order valence-electron chi connectivity index (χ4n) is 6.83. The summed E-state index contributed by atoms with van der Waals surface area (Å²) in [5.74, 6) is 0.903. The smallest absolute Gasteiger partial charge is 0.166 e. The SMILES string of the molecule is CCCCCCCCCCCCCCCCCCNC(=S)NCCCCCCCCCCOc1ccc(N=Nc2ccc(CCCCCC)cc2)cc1. The molecule has 6 heteroatoms. The zero-order valence-corrected chi connectivity index (χ0v) is 35.3. The normalized spacial score (nSPS) is 11.4. The van der Waals surface area contributed by atoms with E-state index in [9.17, 15) is 0 Å². The van der Waals surface area contributed by atoms with E-state index in [1.807, 2.05) is 24.3 Å². The molecule has 300 valence electrons. The molecule has 0 bridgehead atoms. The molecule has 0 aliphatic heterocycles. The first-order valence-electron chi connectivity index (χ1n) is 22.5. The molecule has 0 spiro atoms. The largest absolute Gasteiger partial charge is 0.494 e. The summed E-state index contributed by atoms with van der Waals surface area (Å²) in [5.41, 5.74) is 3.12. The molecule has 0 amide bonds. The molecule has 2 aromatic carbocycles. The van der Waals surface area contributed by atoms with Gasteiger partial charge in [0.05, 0.1) is 18.0 Å². The number of hydrogen-bond donors (Lipinski definition) is 2. The molecule has 0 atom stereocenters. The van der Waals surface area contributed by atoms with Crippen molar-refractivity contribution in [1.29, 1.82) is 0 Å². The summed E-state index contributed by atoms with van der Waals surface area (Å²) in [6.07, 6.45) is 38.9. The maximum absolute atomic E-state index is 5.96. The van der Waals surface area contributed by atoms with Gasteiger partial charge in [0.25, 0.3) is 0 Å². The van der Waals surface area contributed by atoms with Gasteiger partial charge < -0.3 is 15.4 Å². The second kappa shape index (κ2) is 35.2. The lowest BCUT2D eigenvalue weighted by Gasteiger charge is -2.10. The minimum Gasteiger partial charge on any atom is -0.494 e. The quantitative estimate of drug-likeness (QED) is 0.0414. The van der Waals surface area contributed by atoms with Crippen LogP contribution in [0.25, 0.3) is 0 Å². The lowest BCUT2D eigenvalue weighted by molar-refractivity contribution is 0.304.